The maximum atomic E-state index is 12.9. The van der Waals surface area contributed by atoms with E-state index in [9.17, 15) is 8.42 Å². The molecular weight excluding hydrogens is 296 g/mol. The predicted molar refractivity (Wildman–Crippen MR) is 76.3 cm³/mol. The molecule has 0 N–H and O–H groups in total. The van der Waals surface area contributed by atoms with Crippen molar-refractivity contribution in [2.45, 2.75) is 38.1 Å². The summed E-state index contributed by atoms with van der Waals surface area (Å²) in [4.78, 5) is 1.49. The number of nitrogens with zero attached hydrogens (tertiary/aromatic N) is 2. The molecule has 0 amide bonds. The molecule has 3 rings (SSSR count). The third-order valence-corrected chi connectivity index (χ3v) is 6.97. The molecule has 1 aliphatic heterocycles. The SMILES string of the molecule is Cc1noc(C)c1S(=O)(=O)N1CCc2sccc2C1C. The van der Waals surface area contributed by atoms with Crippen LogP contribution in [0.2, 0.25) is 0 Å². The molecule has 3 heterocycles. The van der Waals surface area contributed by atoms with Gasteiger partial charge in [-0.1, -0.05) is 5.16 Å². The summed E-state index contributed by atoms with van der Waals surface area (Å²) in [5.74, 6) is 0.353. The second-order valence-electron chi connectivity index (χ2n) is 4.99. The Morgan fingerprint density at radius 1 is 1.45 bits per heavy atom. The molecule has 0 aliphatic carbocycles. The summed E-state index contributed by atoms with van der Waals surface area (Å²) in [6.45, 7) is 5.73. The molecule has 1 aliphatic rings. The van der Waals surface area contributed by atoms with Crippen LogP contribution < -0.4 is 0 Å². The van der Waals surface area contributed by atoms with Gasteiger partial charge < -0.3 is 4.52 Å². The lowest BCUT2D eigenvalue weighted by Crippen LogP contribution is -2.38. The molecule has 0 spiro atoms. The minimum absolute atomic E-state index is 0.149. The van der Waals surface area contributed by atoms with E-state index in [4.69, 9.17) is 4.52 Å². The van der Waals surface area contributed by atoms with Crippen molar-refractivity contribution in [1.29, 1.82) is 0 Å². The topological polar surface area (TPSA) is 63.4 Å². The van der Waals surface area contributed by atoms with Gasteiger partial charge in [0, 0.05) is 17.5 Å². The third kappa shape index (κ3) is 1.92. The van der Waals surface area contributed by atoms with Crippen molar-refractivity contribution in [2.75, 3.05) is 6.54 Å². The van der Waals surface area contributed by atoms with E-state index in [1.807, 2.05) is 18.4 Å². The zero-order chi connectivity index (χ0) is 14.5. The van der Waals surface area contributed by atoms with Gasteiger partial charge in [-0.3, -0.25) is 0 Å². The molecule has 20 heavy (non-hydrogen) atoms. The molecule has 2 aromatic rings. The van der Waals surface area contributed by atoms with Crippen molar-refractivity contribution in [1.82, 2.24) is 9.46 Å². The lowest BCUT2D eigenvalue weighted by molar-refractivity contribution is 0.328. The zero-order valence-corrected chi connectivity index (χ0v) is 13.2. The highest BCUT2D eigenvalue weighted by Crippen LogP contribution is 2.37. The summed E-state index contributed by atoms with van der Waals surface area (Å²) in [6.07, 6.45) is 0.764. The van der Waals surface area contributed by atoms with E-state index < -0.39 is 10.0 Å². The van der Waals surface area contributed by atoms with Crippen molar-refractivity contribution in [3.8, 4) is 0 Å². The summed E-state index contributed by atoms with van der Waals surface area (Å²) in [6, 6.07) is 1.86. The molecule has 1 atom stereocenters. The second-order valence-corrected chi connectivity index (χ2v) is 7.82. The highest BCUT2D eigenvalue weighted by molar-refractivity contribution is 7.89. The van der Waals surface area contributed by atoms with Crippen LogP contribution in [0.1, 0.15) is 34.9 Å². The molecule has 0 bridgehead atoms. The molecule has 108 valence electrons. The highest BCUT2D eigenvalue weighted by atomic mass is 32.2. The number of aryl methyl sites for hydroxylation is 2. The van der Waals surface area contributed by atoms with Gasteiger partial charge >= 0.3 is 0 Å². The van der Waals surface area contributed by atoms with Gasteiger partial charge in [-0.25, -0.2) is 8.42 Å². The van der Waals surface area contributed by atoms with Gasteiger partial charge in [0.1, 0.15) is 10.6 Å². The van der Waals surface area contributed by atoms with Crippen LogP contribution in [0.3, 0.4) is 0 Å². The van der Waals surface area contributed by atoms with Gasteiger partial charge in [0.15, 0.2) is 5.76 Å². The first-order valence-corrected chi connectivity index (χ1v) is 8.76. The van der Waals surface area contributed by atoms with Crippen LogP contribution in [0.25, 0.3) is 0 Å². The average molecular weight is 312 g/mol. The summed E-state index contributed by atoms with van der Waals surface area (Å²) >= 11 is 1.69. The largest absolute Gasteiger partial charge is 0.360 e. The van der Waals surface area contributed by atoms with E-state index in [0.717, 1.165) is 12.0 Å². The normalized spacial score (nSPS) is 20.1. The standard InChI is InChI=1S/C13H16N2O3S2/c1-8-13(10(3)18-14-8)20(16,17)15-6-4-12-11(9(15)2)5-7-19-12/h5,7,9H,4,6H2,1-3H3. The maximum Gasteiger partial charge on any atom is 0.249 e. The van der Waals surface area contributed by atoms with Gasteiger partial charge in [-0.2, -0.15) is 4.31 Å². The van der Waals surface area contributed by atoms with E-state index in [0.29, 0.717) is 18.0 Å². The quantitative estimate of drug-likeness (QED) is 0.855. The maximum absolute atomic E-state index is 12.9. The van der Waals surface area contributed by atoms with Crippen LogP contribution in [0.4, 0.5) is 0 Å². The fraction of sp³-hybridized carbons (Fsp3) is 0.462. The smallest absolute Gasteiger partial charge is 0.249 e. The summed E-state index contributed by atoms with van der Waals surface area (Å²) in [5, 5.41) is 5.78. The van der Waals surface area contributed by atoms with E-state index in [2.05, 4.69) is 5.16 Å². The lowest BCUT2D eigenvalue weighted by Gasteiger charge is -2.32. The first kappa shape index (κ1) is 13.8. The van der Waals surface area contributed by atoms with Crippen LogP contribution in [0.15, 0.2) is 20.9 Å². The minimum atomic E-state index is -3.57. The Morgan fingerprint density at radius 2 is 2.20 bits per heavy atom. The summed E-state index contributed by atoms with van der Waals surface area (Å²) < 4.78 is 32.3. The van der Waals surface area contributed by atoms with Crippen molar-refractivity contribution >= 4 is 21.4 Å². The van der Waals surface area contributed by atoms with Crippen LogP contribution in [-0.2, 0) is 16.4 Å². The Kier molecular flexibility index (Phi) is 3.23. The molecule has 0 saturated heterocycles. The lowest BCUT2D eigenvalue weighted by atomic mass is 10.0. The Balaban J connectivity index is 2.06. The van der Waals surface area contributed by atoms with Crippen molar-refractivity contribution < 1.29 is 12.9 Å². The molecule has 0 radical (unpaired) electrons. The summed E-state index contributed by atoms with van der Waals surface area (Å²) in [7, 11) is -3.57. The first-order chi connectivity index (χ1) is 9.43. The average Bonchev–Trinajstić information content (AvgIpc) is 2.97. The van der Waals surface area contributed by atoms with Crippen molar-refractivity contribution in [3.63, 3.8) is 0 Å². The molecule has 5 nitrogen and oxygen atoms in total. The molecule has 0 fully saturated rings. The zero-order valence-electron chi connectivity index (χ0n) is 11.6. The van der Waals surface area contributed by atoms with Gasteiger partial charge in [0.05, 0.1) is 0 Å². The van der Waals surface area contributed by atoms with Crippen LogP contribution in [0.5, 0.6) is 0 Å². The Hall–Kier alpha value is -1.18. The fourth-order valence-corrected chi connectivity index (χ4v) is 5.64. The third-order valence-electron chi connectivity index (χ3n) is 3.76. The molecular formula is C13H16N2O3S2. The minimum Gasteiger partial charge on any atom is -0.360 e. The molecule has 1 unspecified atom stereocenters. The van der Waals surface area contributed by atoms with Crippen LogP contribution in [0, 0.1) is 13.8 Å². The number of thiophene rings is 1. The first-order valence-electron chi connectivity index (χ1n) is 6.44. The predicted octanol–water partition coefficient (Wildman–Crippen LogP) is 2.66. The fourth-order valence-electron chi connectivity index (χ4n) is 2.77. The van der Waals surface area contributed by atoms with Crippen LogP contribution >= 0.6 is 11.3 Å². The summed E-state index contributed by atoms with van der Waals surface area (Å²) in [5.41, 5.74) is 1.53. The number of sulfonamides is 1. The van der Waals surface area contributed by atoms with Crippen molar-refractivity contribution in [3.05, 3.63) is 33.3 Å². The van der Waals surface area contributed by atoms with Gasteiger partial charge in [0.2, 0.25) is 10.0 Å². The van der Waals surface area contributed by atoms with Gasteiger partial charge in [-0.05, 0) is 44.2 Å². The monoisotopic (exact) mass is 312 g/mol. The molecule has 0 saturated carbocycles. The van der Waals surface area contributed by atoms with Gasteiger partial charge in [-0.15, -0.1) is 11.3 Å². The van der Waals surface area contributed by atoms with E-state index in [1.165, 1.54) is 4.88 Å². The number of aromatic nitrogens is 1. The Bertz CT molecular complexity index is 726. The number of rotatable bonds is 2. The second kappa shape index (κ2) is 4.68. The van der Waals surface area contributed by atoms with E-state index in [1.54, 1.807) is 29.5 Å². The molecule has 0 aromatic carbocycles. The van der Waals surface area contributed by atoms with E-state index >= 15 is 0 Å². The number of fused-ring (bicyclic) bond motifs is 1. The van der Waals surface area contributed by atoms with E-state index in [-0.39, 0.29) is 10.9 Å². The van der Waals surface area contributed by atoms with Gasteiger partial charge in [0.25, 0.3) is 0 Å². The molecule has 7 heteroatoms. The van der Waals surface area contributed by atoms with Crippen LogP contribution in [-0.4, -0.2) is 24.4 Å². The number of hydrogen-bond donors (Lipinski definition) is 0. The highest BCUT2D eigenvalue weighted by Gasteiger charge is 2.37. The number of hydrogen-bond acceptors (Lipinski definition) is 5. The van der Waals surface area contributed by atoms with Crippen molar-refractivity contribution in [2.24, 2.45) is 0 Å². The Labute approximate surface area is 122 Å². The molecule has 2 aromatic heterocycles. The Morgan fingerprint density at radius 3 is 2.85 bits per heavy atom.